The summed E-state index contributed by atoms with van der Waals surface area (Å²) in [5.41, 5.74) is 10.2. The Morgan fingerprint density at radius 3 is 2.75 bits per heavy atom. The van der Waals surface area contributed by atoms with Crippen molar-refractivity contribution < 1.29 is 19.1 Å². The first-order valence-corrected chi connectivity index (χ1v) is 9.98. The molecule has 2 aromatic carbocycles. The van der Waals surface area contributed by atoms with Gasteiger partial charge >= 0.3 is 6.16 Å². The molecule has 0 bridgehead atoms. The number of benzene rings is 2. The van der Waals surface area contributed by atoms with Crippen molar-refractivity contribution in [2.45, 2.75) is 32.7 Å². The second kappa shape index (κ2) is 8.75. The quantitative estimate of drug-likeness (QED) is 0.558. The first kappa shape index (κ1) is 20.4. The summed E-state index contributed by atoms with van der Waals surface area (Å²) in [6, 6.07) is 10.7. The molecule has 1 heterocycles. The Kier molecular flexibility index (Phi) is 6.36. The van der Waals surface area contributed by atoms with Gasteiger partial charge in [0, 0.05) is 16.7 Å². The first-order valence-electron chi connectivity index (χ1n) is 9.19. The van der Waals surface area contributed by atoms with Crippen molar-refractivity contribution in [3.8, 4) is 5.75 Å². The van der Waals surface area contributed by atoms with E-state index in [0.29, 0.717) is 18.7 Å². The highest BCUT2D eigenvalue weighted by Crippen LogP contribution is 2.30. The Labute approximate surface area is 172 Å². The Bertz CT molecular complexity index is 877. The highest BCUT2D eigenvalue weighted by atomic mass is 79.9. The van der Waals surface area contributed by atoms with Crippen LogP contribution in [0.3, 0.4) is 0 Å². The van der Waals surface area contributed by atoms with E-state index in [-0.39, 0.29) is 12.5 Å². The maximum atomic E-state index is 12.9. The van der Waals surface area contributed by atoms with Crippen LogP contribution in [0.15, 0.2) is 40.9 Å². The minimum absolute atomic E-state index is 0.0944. The van der Waals surface area contributed by atoms with Crippen molar-refractivity contribution >= 4 is 33.7 Å². The van der Waals surface area contributed by atoms with Gasteiger partial charge < -0.3 is 20.1 Å². The summed E-state index contributed by atoms with van der Waals surface area (Å²) >= 11 is 3.50. The van der Waals surface area contributed by atoms with Gasteiger partial charge in [0.15, 0.2) is 0 Å². The number of nitrogens with zero attached hydrogens (tertiary/aromatic N) is 1. The molecule has 0 saturated carbocycles. The van der Waals surface area contributed by atoms with Crippen molar-refractivity contribution in [1.82, 2.24) is 0 Å². The van der Waals surface area contributed by atoms with Crippen molar-refractivity contribution in [3.05, 3.63) is 57.6 Å². The number of rotatable bonds is 5. The summed E-state index contributed by atoms with van der Waals surface area (Å²) in [6.45, 7) is 4.50. The lowest BCUT2D eigenvalue weighted by Crippen LogP contribution is -2.44. The average molecular weight is 447 g/mol. The van der Waals surface area contributed by atoms with Crippen molar-refractivity contribution in [1.29, 1.82) is 0 Å². The minimum atomic E-state index is -0.749. The van der Waals surface area contributed by atoms with Crippen molar-refractivity contribution in [2.75, 3.05) is 18.1 Å². The lowest BCUT2D eigenvalue weighted by molar-refractivity contribution is -0.119. The molecule has 1 atom stereocenters. The monoisotopic (exact) mass is 446 g/mol. The van der Waals surface area contributed by atoms with Crippen LogP contribution in [0, 0.1) is 6.92 Å². The van der Waals surface area contributed by atoms with Gasteiger partial charge in [0.2, 0.25) is 5.91 Å². The van der Waals surface area contributed by atoms with E-state index in [1.165, 1.54) is 5.56 Å². The van der Waals surface area contributed by atoms with E-state index < -0.39 is 12.2 Å². The molecule has 28 heavy (non-hydrogen) atoms. The summed E-state index contributed by atoms with van der Waals surface area (Å²) in [6.07, 6.45) is 0.474. The zero-order chi connectivity index (χ0) is 20.3. The van der Waals surface area contributed by atoms with Gasteiger partial charge in [-0.1, -0.05) is 34.1 Å². The maximum Gasteiger partial charge on any atom is 0.513 e. The SMILES string of the molecule is CCOC(=O)Oc1cc(C)c(C[C@@H](N)C(=O)N2CCc3ccccc32)c(Br)c1. The first-order chi connectivity index (χ1) is 13.4. The van der Waals surface area contributed by atoms with Gasteiger partial charge in [-0.2, -0.15) is 0 Å². The number of hydrogen-bond acceptors (Lipinski definition) is 5. The molecular formula is C21H23BrN2O4. The number of para-hydroxylation sites is 1. The lowest BCUT2D eigenvalue weighted by atomic mass is 10.0. The van der Waals surface area contributed by atoms with Crippen LogP contribution in [0.2, 0.25) is 0 Å². The number of ether oxygens (including phenoxy) is 2. The zero-order valence-corrected chi connectivity index (χ0v) is 17.5. The van der Waals surface area contributed by atoms with Crippen molar-refractivity contribution in [3.63, 3.8) is 0 Å². The summed E-state index contributed by atoms with van der Waals surface area (Å²) < 4.78 is 10.7. The highest BCUT2D eigenvalue weighted by molar-refractivity contribution is 9.10. The molecule has 7 heteroatoms. The second-order valence-electron chi connectivity index (χ2n) is 6.66. The highest BCUT2D eigenvalue weighted by Gasteiger charge is 2.28. The van der Waals surface area contributed by atoms with Crippen LogP contribution in [0.5, 0.6) is 5.75 Å². The van der Waals surface area contributed by atoms with E-state index in [1.807, 2.05) is 31.2 Å². The van der Waals surface area contributed by atoms with Crippen LogP contribution in [0.25, 0.3) is 0 Å². The van der Waals surface area contributed by atoms with Crippen LogP contribution in [-0.4, -0.2) is 31.3 Å². The van der Waals surface area contributed by atoms with E-state index in [4.69, 9.17) is 15.2 Å². The smallest absolute Gasteiger partial charge is 0.434 e. The molecule has 0 saturated heterocycles. The topological polar surface area (TPSA) is 81.9 Å². The molecule has 2 N–H and O–H groups in total. The van der Waals surface area contributed by atoms with Gasteiger partial charge in [0.25, 0.3) is 0 Å². The van der Waals surface area contributed by atoms with E-state index in [2.05, 4.69) is 15.9 Å². The molecule has 0 aromatic heterocycles. The number of carbonyl (C=O) groups excluding carboxylic acids is 2. The predicted octanol–water partition coefficient (Wildman–Crippen LogP) is 3.75. The molecular weight excluding hydrogens is 424 g/mol. The fraction of sp³-hybridized carbons (Fsp3) is 0.333. The fourth-order valence-electron chi connectivity index (χ4n) is 3.38. The number of halogens is 1. The fourth-order valence-corrected chi connectivity index (χ4v) is 4.08. The Morgan fingerprint density at radius 2 is 2.04 bits per heavy atom. The molecule has 1 amide bonds. The molecule has 0 fully saturated rings. The molecule has 0 radical (unpaired) electrons. The standard InChI is InChI=1S/C21H23BrN2O4/c1-3-27-21(26)28-15-10-13(2)16(17(22)11-15)12-18(23)20(25)24-9-8-14-6-4-5-7-19(14)24/h4-7,10-11,18H,3,8-9,12,23H2,1-2H3/t18-/m1/s1. The van der Waals surface area contributed by atoms with Gasteiger partial charge in [0.1, 0.15) is 5.75 Å². The number of anilines is 1. The minimum Gasteiger partial charge on any atom is -0.434 e. The van der Waals surface area contributed by atoms with Crippen LogP contribution in [-0.2, 0) is 22.4 Å². The predicted molar refractivity (Wildman–Crippen MR) is 111 cm³/mol. The van der Waals surface area contributed by atoms with Crippen LogP contribution in [0.4, 0.5) is 10.5 Å². The zero-order valence-electron chi connectivity index (χ0n) is 15.9. The van der Waals surface area contributed by atoms with Gasteiger partial charge in [-0.25, -0.2) is 4.79 Å². The number of carbonyl (C=O) groups is 2. The molecule has 1 aliphatic heterocycles. The normalized spacial score (nSPS) is 13.8. The Hall–Kier alpha value is -2.38. The van der Waals surface area contributed by atoms with E-state index in [0.717, 1.165) is 27.7 Å². The van der Waals surface area contributed by atoms with Gasteiger partial charge in [0.05, 0.1) is 12.6 Å². The molecule has 2 aromatic rings. The van der Waals surface area contributed by atoms with Crippen LogP contribution < -0.4 is 15.4 Å². The molecule has 3 rings (SSSR count). The number of nitrogens with two attached hydrogens (primary N) is 1. The Morgan fingerprint density at radius 1 is 1.29 bits per heavy atom. The number of hydrogen-bond donors (Lipinski definition) is 1. The van der Waals surface area contributed by atoms with Crippen LogP contribution >= 0.6 is 15.9 Å². The molecule has 148 valence electrons. The summed E-state index contributed by atoms with van der Waals surface area (Å²) in [7, 11) is 0. The summed E-state index contributed by atoms with van der Waals surface area (Å²) in [5, 5.41) is 0. The molecule has 1 aliphatic rings. The second-order valence-corrected chi connectivity index (χ2v) is 7.52. The largest absolute Gasteiger partial charge is 0.513 e. The third kappa shape index (κ3) is 4.36. The molecule has 0 spiro atoms. The number of amides is 1. The number of aryl methyl sites for hydroxylation is 1. The van der Waals surface area contributed by atoms with Crippen LogP contribution in [0.1, 0.15) is 23.6 Å². The number of fused-ring (bicyclic) bond motifs is 1. The lowest BCUT2D eigenvalue weighted by Gasteiger charge is -2.22. The maximum absolute atomic E-state index is 12.9. The summed E-state index contributed by atoms with van der Waals surface area (Å²) in [4.78, 5) is 26.2. The van der Waals surface area contributed by atoms with Crippen molar-refractivity contribution in [2.24, 2.45) is 5.73 Å². The molecule has 0 aliphatic carbocycles. The van der Waals surface area contributed by atoms with E-state index >= 15 is 0 Å². The average Bonchev–Trinajstić information content (AvgIpc) is 3.08. The third-order valence-electron chi connectivity index (χ3n) is 4.75. The van der Waals surface area contributed by atoms with Gasteiger partial charge in [-0.15, -0.1) is 0 Å². The third-order valence-corrected chi connectivity index (χ3v) is 5.46. The van der Waals surface area contributed by atoms with Gasteiger partial charge in [-0.3, -0.25) is 4.79 Å². The Balaban J connectivity index is 1.73. The molecule has 6 nitrogen and oxygen atoms in total. The summed E-state index contributed by atoms with van der Waals surface area (Å²) in [5.74, 6) is 0.281. The van der Waals surface area contributed by atoms with E-state index in [1.54, 1.807) is 24.0 Å². The molecule has 0 unspecified atom stereocenters. The van der Waals surface area contributed by atoms with Gasteiger partial charge in [-0.05, 0) is 61.6 Å². The van der Waals surface area contributed by atoms with E-state index in [9.17, 15) is 9.59 Å².